The number of fused-ring (bicyclic) bond motifs is 3. The lowest BCUT2D eigenvalue weighted by atomic mass is 9.60. The average Bonchev–Trinajstić information content (AvgIpc) is 3.37. The van der Waals surface area contributed by atoms with Crippen LogP contribution in [0, 0.1) is 21.4 Å². The summed E-state index contributed by atoms with van der Waals surface area (Å²) < 4.78 is 5.55. The van der Waals surface area contributed by atoms with Crippen molar-refractivity contribution in [1.82, 2.24) is 4.90 Å². The maximum absolute atomic E-state index is 14.6. The normalized spacial score (nSPS) is 37.0. The number of methoxy groups -OCH3 is 1. The van der Waals surface area contributed by atoms with Crippen molar-refractivity contribution in [3.8, 4) is 5.75 Å². The minimum absolute atomic E-state index is 0.0438. The Morgan fingerprint density at radius 1 is 1.18 bits per heavy atom. The molecule has 1 saturated carbocycles. The number of anilines is 1. The number of carbonyl (C=O) groups excluding carboxylic acids is 2. The van der Waals surface area contributed by atoms with Gasteiger partial charge in [0.15, 0.2) is 5.78 Å². The minimum atomic E-state index is -1.18. The molecule has 0 aromatic heterocycles. The van der Waals surface area contributed by atoms with Crippen LogP contribution < -0.4 is 9.64 Å². The molecule has 8 heteroatoms. The third kappa shape index (κ3) is 2.24. The van der Waals surface area contributed by atoms with Gasteiger partial charge in [0, 0.05) is 35.3 Å². The Hall–Kier alpha value is -2.48. The van der Waals surface area contributed by atoms with Gasteiger partial charge in [-0.1, -0.05) is 19.9 Å². The van der Waals surface area contributed by atoms with Crippen LogP contribution in [-0.4, -0.2) is 58.8 Å². The van der Waals surface area contributed by atoms with Gasteiger partial charge in [-0.15, -0.1) is 0 Å². The molecule has 1 aromatic rings. The van der Waals surface area contributed by atoms with Crippen molar-refractivity contribution in [2.45, 2.75) is 82.3 Å². The zero-order chi connectivity index (χ0) is 24.4. The van der Waals surface area contributed by atoms with Crippen molar-refractivity contribution < 1.29 is 19.2 Å². The van der Waals surface area contributed by atoms with E-state index in [2.05, 4.69) is 18.7 Å². The second-order valence-electron chi connectivity index (χ2n) is 12.3. The number of benzene rings is 1. The number of Topliss-reactive ketones (excluding diaryl/α,β-unsaturated/α-hetero) is 1. The Bertz CT molecular complexity index is 1160. The number of nitro groups is 1. The summed E-state index contributed by atoms with van der Waals surface area (Å²) in [7, 11) is 1.53. The van der Waals surface area contributed by atoms with Crippen LogP contribution in [0.25, 0.3) is 0 Å². The molecule has 5 aliphatic rings. The molecule has 4 atom stereocenters. The van der Waals surface area contributed by atoms with Gasteiger partial charge in [-0.05, 0) is 56.7 Å². The van der Waals surface area contributed by atoms with E-state index in [9.17, 15) is 19.7 Å². The molecular weight excluding hydrogens is 434 g/mol. The van der Waals surface area contributed by atoms with Crippen molar-refractivity contribution in [2.24, 2.45) is 11.3 Å². The van der Waals surface area contributed by atoms with E-state index in [1.165, 1.54) is 7.11 Å². The number of hydrogen-bond acceptors (Lipinski definition) is 6. The summed E-state index contributed by atoms with van der Waals surface area (Å²) in [4.78, 5) is 44.8. The minimum Gasteiger partial charge on any atom is -0.496 e. The van der Waals surface area contributed by atoms with E-state index < -0.39 is 21.9 Å². The topological polar surface area (TPSA) is 93.0 Å². The molecule has 182 valence electrons. The monoisotopic (exact) mass is 467 g/mol. The fourth-order valence-electron chi connectivity index (χ4n) is 8.63. The van der Waals surface area contributed by atoms with Crippen LogP contribution in [0.2, 0.25) is 0 Å². The molecule has 1 amide bonds. The molecule has 6 rings (SSSR count). The van der Waals surface area contributed by atoms with Gasteiger partial charge in [-0.25, -0.2) is 0 Å². The van der Waals surface area contributed by atoms with Crippen molar-refractivity contribution in [3.63, 3.8) is 0 Å². The number of piperidine rings is 1. The largest absolute Gasteiger partial charge is 0.496 e. The van der Waals surface area contributed by atoms with E-state index in [1.54, 1.807) is 11.0 Å². The highest BCUT2D eigenvalue weighted by atomic mass is 16.6. The van der Waals surface area contributed by atoms with Crippen LogP contribution in [0.1, 0.15) is 75.7 Å². The summed E-state index contributed by atoms with van der Waals surface area (Å²) in [6.07, 6.45) is 3.25. The number of nitrogens with zero attached hydrogens (tertiary/aromatic N) is 3. The van der Waals surface area contributed by atoms with Crippen molar-refractivity contribution >= 4 is 17.4 Å². The third-order valence-corrected chi connectivity index (χ3v) is 10.1. The summed E-state index contributed by atoms with van der Waals surface area (Å²) in [6, 6.07) is 4.02. The van der Waals surface area contributed by atoms with Crippen LogP contribution in [0.3, 0.4) is 0 Å². The Kier molecular flexibility index (Phi) is 4.14. The molecule has 0 unspecified atom stereocenters. The number of rotatable bonds is 2. The van der Waals surface area contributed by atoms with Crippen LogP contribution in [-0.2, 0) is 10.2 Å². The van der Waals surface area contributed by atoms with Gasteiger partial charge >= 0.3 is 0 Å². The Labute approximate surface area is 199 Å². The maximum atomic E-state index is 14.6. The van der Waals surface area contributed by atoms with E-state index in [1.807, 2.05) is 19.9 Å². The summed E-state index contributed by atoms with van der Waals surface area (Å²) in [5, 5.41) is 12.9. The first kappa shape index (κ1) is 22.0. The quantitative estimate of drug-likeness (QED) is 0.488. The van der Waals surface area contributed by atoms with Crippen molar-refractivity contribution in [3.05, 3.63) is 33.4 Å². The highest BCUT2D eigenvalue weighted by Gasteiger charge is 2.79. The predicted octanol–water partition coefficient (Wildman–Crippen LogP) is 3.57. The van der Waals surface area contributed by atoms with E-state index >= 15 is 0 Å². The SMILES string of the molecule is COc1ccc2c3c1C(=O)CC(C)(C)N3C(=O)[C@@]21C[C@@]2([N+](=O)[O-])CN3CCC[C@@H]3C[C@H]2C1(C)C. The Morgan fingerprint density at radius 3 is 2.59 bits per heavy atom. The molecule has 4 heterocycles. The molecule has 4 aliphatic heterocycles. The lowest BCUT2D eigenvalue weighted by Gasteiger charge is -2.46. The van der Waals surface area contributed by atoms with Crippen molar-refractivity contribution in [1.29, 1.82) is 0 Å². The third-order valence-electron chi connectivity index (χ3n) is 10.1. The van der Waals surface area contributed by atoms with Gasteiger partial charge in [0.1, 0.15) is 5.75 Å². The second kappa shape index (κ2) is 6.39. The maximum Gasteiger partial charge on any atom is 0.239 e. The standard InChI is InChI=1S/C26H33N3O5/c1-23(2)12-17(30)20-18(34-5)9-8-16-21(20)28(23)22(31)26(16)13-25(29(32)33)14-27-10-6-7-15(27)11-19(25)24(26,3)4/h8-9,15,19H,6-7,10-14H2,1-5H3/t15-,19+,25-,26-/m1/s1. The van der Waals surface area contributed by atoms with Crippen molar-refractivity contribution in [2.75, 3.05) is 25.1 Å². The van der Waals surface area contributed by atoms with Crippen LogP contribution in [0.5, 0.6) is 5.75 Å². The number of amides is 1. The fourth-order valence-corrected chi connectivity index (χ4v) is 8.63. The van der Waals surface area contributed by atoms with E-state index in [4.69, 9.17) is 4.74 Å². The summed E-state index contributed by atoms with van der Waals surface area (Å²) >= 11 is 0. The molecule has 1 aliphatic carbocycles. The molecule has 2 saturated heterocycles. The predicted molar refractivity (Wildman–Crippen MR) is 126 cm³/mol. The first-order valence-electron chi connectivity index (χ1n) is 12.4. The van der Waals surface area contributed by atoms with Gasteiger partial charge in [-0.3, -0.25) is 24.6 Å². The average molecular weight is 468 g/mol. The Morgan fingerprint density at radius 2 is 1.91 bits per heavy atom. The summed E-state index contributed by atoms with van der Waals surface area (Å²) in [5.41, 5.74) is -1.75. The molecule has 8 nitrogen and oxygen atoms in total. The highest BCUT2D eigenvalue weighted by molar-refractivity contribution is 6.19. The first-order valence-corrected chi connectivity index (χ1v) is 12.4. The summed E-state index contributed by atoms with van der Waals surface area (Å²) in [5.74, 6) is 0.108. The molecule has 0 N–H and O–H groups in total. The molecule has 1 aromatic carbocycles. The first-order chi connectivity index (χ1) is 15.9. The van der Waals surface area contributed by atoms with Gasteiger partial charge in [0.05, 0.1) is 30.3 Å². The van der Waals surface area contributed by atoms with E-state index in [-0.39, 0.29) is 35.4 Å². The molecule has 34 heavy (non-hydrogen) atoms. The van der Waals surface area contributed by atoms with E-state index in [0.29, 0.717) is 29.6 Å². The Balaban J connectivity index is 1.63. The van der Waals surface area contributed by atoms with Gasteiger partial charge in [-0.2, -0.15) is 0 Å². The number of ketones is 1. The molecule has 0 radical (unpaired) electrons. The smallest absolute Gasteiger partial charge is 0.239 e. The molecule has 0 bridgehead atoms. The number of carbonyl (C=O) groups is 2. The van der Waals surface area contributed by atoms with Gasteiger partial charge in [0.2, 0.25) is 11.4 Å². The van der Waals surface area contributed by atoms with Crippen LogP contribution in [0.4, 0.5) is 5.69 Å². The zero-order valence-electron chi connectivity index (χ0n) is 20.6. The highest BCUT2D eigenvalue weighted by Crippen LogP contribution is 2.70. The van der Waals surface area contributed by atoms with E-state index in [0.717, 1.165) is 31.4 Å². The molecule has 1 spiro atoms. The lowest BCUT2D eigenvalue weighted by molar-refractivity contribution is -0.584. The van der Waals surface area contributed by atoms with Crippen LogP contribution >= 0.6 is 0 Å². The number of ether oxygens (including phenoxy) is 1. The summed E-state index contributed by atoms with van der Waals surface area (Å²) in [6.45, 7) is 9.25. The zero-order valence-corrected chi connectivity index (χ0v) is 20.6. The van der Waals surface area contributed by atoms with Gasteiger partial charge in [0.25, 0.3) is 0 Å². The molecular formula is C26H33N3O5. The van der Waals surface area contributed by atoms with Crippen LogP contribution in [0.15, 0.2) is 12.1 Å². The van der Waals surface area contributed by atoms with Gasteiger partial charge < -0.3 is 9.64 Å². The number of hydrogen-bond donors (Lipinski definition) is 0. The fraction of sp³-hybridized carbons (Fsp3) is 0.692. The lowest BCUT2D eigenvalue weighted by Crippen LogP contribution is -2.59. The molecule has 3 fully saturated rings. The second-order valence-corrected chi connectivity index (χ2v) is 12.3.